The van der Waals surface area contributed by atoms with E-state index in [2.05, 4.69) is 0 Å². The first-order valence-corrected chi connectivity index (χ1v) is 7.29. The van der Waals surface area contributed by atoms with Crippen molar-refractivity contribution in [1.29, 1.82) is 0 Å². The SMILES string of the molecule is ClCC(OC(CCl)c1ccccc1)c1ccccc1. The van der Waals surface area contributed by atoms with Crippen molar-refractivity contribution < 1.29 is 4.74 Å². The van der Waals surface area contributed by atoms with Gasteiger partial charge in [-0.15, -0.1) is 23.2 Å². The largest absolute Gasteiger partial charge is 0.363 e. The minimum absolute atomic E-state index is 0.146. The highest BCUT2D eigenvalue weighted by Gasteiger charge is 2.18. The molecule has 3 heteroatoms. The van der Waals surface area contributed by atoms with Crippen molar-refractivity contribution in [2.75, 3.05) is 11.8 Å². The number of halogens is 2. The lowest BCUT2D eigenvalue weighted by Crippen LogP contribution is -2.13. The second-order valence-corrected chi connectivity index (χ2v) is 4.86. The van der Waals surface area contributed by atoms with Crippen molar-refractivity contribution in [1.82, 2.24) is 0 Å². The first kappa shape index (κ1) is 14.4. The first-order chi connectivity index (χ1) is 9.35. The predicted molar refractivity (Wildman–Crippen MR) is 80.9 cm³/mol. The Morgan fingerprint density at radius 3 is 1.37 bits per heavy atom. The second-order valence-electron chi connectivity index (χ2n) is 4.24. The summed E-state index contributed by atoms with van der Waals surface area (Å²) >= 11 is 12.0. The maximum absolute atomic E-state index is 6.06. The summed E-state index contributed by atoms with van der Waals surface area (Å²) in [5.74, 6) is 0.814. The molecule has 0 aliphatic rings. The van der Waals surface area contributed by atoms with E-state index >= 15 is 0 Å². The maximum Gasteiger partial charge on any atom is 0.0969 e. The average molecular weight is 295 g/mol. The average Bonchev–Trinajstić information content (AvgIpc) is 2.50. The van der Waals surface area contributed by atoms with Gasteiger partial charge in [0.05, 0.1) is 24.0 Å². The number of ether oxygens (including phenoxy) is 1. The zero-order valence-electron chi connectivity index (χ0n) is 10.5. The van der Waals surface area contributed by atoms with Crippen molar-refractivity contribution in [2.24, 2.45) is 0 Å². The molecule has 2 rings (SSSR count). The minimum Gasteiger partial charge on any atom is -0.363 e. The van der Waals surface area contributed by atoms with Crippen LogP contribution in [0.2, 0.25) is 0 Å². The number of rotatable bonds is 6. The molecule has 0 aliphatic carbocycles. The molecule has 2 atom stereocenters. The lowest BCUT2D eigenvalue weighted by molar-refractivity contribution is 0.00992. The Balaban J connectivity index is 2.13. The van der Waals surface area contributed by atoms with Gasteiger partial charge < -0.3 is 4.74 Å². The van der Waals surface area contributed by atoms with Gasteiger partial charge in [0, 0.05) is 0 Å². The molecular formula is C16H16Cl2O. The molecule has 0 N–H and O–H groups in total. The fraction of sp³-hybridized carbons (Fsp3) is 0.250. The van der Waals surface area contributed by atoms with Gasteiger partial charge in [-0.25, -0.2) is 0 Å². The van der Waals surface area contributed by atoms with Crippen molar-refractivity contribution in [3.05, 3.63) is 71.8 Å². The fourth-order valence-corrected chi connectivity index (χ4v) is 2.44. The van der Waals surface area contributed by atoms with E-state index in [4.69, 9.17) is 27.9 Å². The molecular weight excluding hydrogens is 279 g/mol. The highest BCUT2D eigenvalue weighted by atomic mass is 35.5. The molecule has 0 heterocycles. The molecule has 2 aromatic carbocycles. The van der Waals surface area contributed by atoms with Crippen LogP contribution in [0.4, 0.5) is 0 Å². The van der Waals surface area contributed by atoms with E-state index in [9.17, 15) is 0 Å². The van der Waals surface area contributed by atoms with Crippen molar-refractivity contribution in [3.8, 4) is 0 Å². The Labute approximate surface area is 124 Å². The molecule has 0 radical (unpaired) electrons. The van der Waals surface area contributed by atoms with Crippen LogP contribution in [0, 0.1) is 0 Å². The molecule has 0 saturated carbocycles. The van der Waals surface area contributed by atoms with E-state index in [1.54, 1.807) is 0 Å². The zero-order valence-corrected chi connectivity index (χ0v) is 12.0. The lowest BCUT2D eigenvalue weighted by atomic mass is 10.1. The highest BCUT2D eigenvalue weighted by molar-refractivity contribution is 6.18. The molecule has 0 fully saturated rings. The summed E-state index contributed by atoms with van der Waals surface area (Å²) in [6.45, 7) is 0. The van der Waals surface area contributed by atoms with E-state index in [1.165, 1.54) is 0 Å². The van der Waals surface area contributed by atoms with Crippen LogP contribution in [0.25, 0.3) is 0 Å². The predicted octanol–water partition coefficient (Wildman–Crippen LogP) is 4.96. The number of hydrogen-bond acceptors (Lipinski definition) is 1. The molecule has 2 unspecified atom stereocenters. The number of benzene rings is 2. The molecule has 0 spiro atoms. The fourth-order valence-electron chi connectivity index (χ4n) is 1.94. The third kappa shape index (κ3) is 3.97. The topological polar surface area (TPSA) is 9.23 Å². The van der Waals surface area contributed by atoms with E-state index < -0.39 is 0 Å². The summed E-state index contributed by atoms with van der Waals surface area (Å²) in [5.41, 5.74) is 2.15. The maximum atomic E-state index is 6.06. The lowest BCUT2D eigenvalue weighted by Gasteiger charge is -2.22. The first-order valence-electron chi connectivity index (χ1n) is 6.22. The smallest absolute Gasteiger partial charge is 0.0969 e. The van der Waals surface area contributed by atoms with Crippen LogP contribution in [-0.2, 0) is 4.74 Å². The van der Waals surface area contributed by atoms with Gasteiger partial charge in [0.2, 0.25) is 0 Å². The van der Waals surface area contributed by atoms with Gasteiger partial charge in [-0.3, -0.25) is 0 Å². The van der Waals surface area contributed by atoms with Crippen LogP contribution < -0.4 is 0 Å². The Hall–Kier alpha value is -1.02. The Kier molecular flexibility index (Phi) is 5.71. The minimum atomic E-state index is -0.146. The van der Waals surface area contributed by atoms with Crippen LogP contribution in [-0.4, -0.2) is 11.8 Å². The highest BCUT2D eigenvalue weighted by Crippen LogP contribution is 2.28. The van der Waals surface area contributed by atoms with Gasteiger partial charge in [-0.05, 0) is 11.1 Å². The van der Waals surface area contributed by atoms with Crippen molar-refractivity contribution in [3.63, 3.8) is 0 Å². The normalized spacial score (nSPS) is 14.0. The van der Waals surface area contributed by atoms with Gasteiger partial charge in [0.25, 0.3) is 0 Å². The molecule has 2 aromatic rings. The quantitative estimate of drug-likeness (QED) is 0.684. The van der Waals surface area contributed by atoms with Crippen LogP contribution in [0.1, 0.15) is 23.3 Å². The van der Waals surface area contributed by atoms with Crippen LogP contribution in [0.3, 0.4) is 0 Å². The van der Waals surface area contributed by atoms with Crippen LogP contribution >= 0.6 is 23.2 Å². The van der Waals surface area contributed by atoms with Gasteiger partial charge >= 0.3 is 0 Å². The van der Waals surface area contributed by atoms with Crippen molar-refractivity contribution in [2.45, 2.75) is 12.2 Å². The summed E-state index contributed by atoms with van der Waals surface area (Å²) in [6.07, 6.45) is -0.293. The van der Waals surface area contributed by atoms with Crippen LogP contribution in [0.5, 0.6) is 0 Å². The summed E-state index contributed by atoms with van der Waals surface area (Å²) in [4.78, 5) is 0. The number of hydrogen-bond donors (Lipinski definition) is 0. The third-order valence-corrected chi connectivity index (χ3v) is 3.51. The van der Waals surface area contributed by atoms with Gasteiger partial charge in [0.1, 0.15) is 0 Å². The van der Waals surface area contributed by atoms with E-state index in [-0.39, 0.29) is 12.2 Å². The molecule has 1 nitrogen and oxygen atoms in total. The summed E-state index contributed by atoms with van der Waals surface area (Å²) in [7, 11) is 0. The van der Waals surface area contributed by atoms with Gasteiger partial charge in [0.15, 0.2) is 0 Å². The Bertz CT molecular complexity index is 427. The summed E-state index contributed by atoms with van der Waals surface area (Å²) < 4.78 is 6.06. The molecule has 0 bridgehead atoms. The summed E-state index contributed by atoms with van der Waals surface area (Å²) in [5, 5.41) is 0. The Morgan fingerprint density at radius 2 is 1.05 bits per heavy atom. The van der Waals surface area contributed by atoms with E-state index in [0.717, 1.165) is 11.1 Å². The Morgan fingerprint density at radius 1 is 0.684 bits per heavy atom. The molecule has 0 amide bonds. The van der Waals surface area contributed by atoms with Gasteiger partial charge in [-0.2, -0.15) is 0 Å². The second kappa shape index (κ2) is 7.54. The van der Waals surface area contributed by atoms with E-state index in [1.807, 2.05) is 60.7 Å². The summed E-state index contributed by atoms with van der Waals surface area (Å²) in [6, 6.07) is 20.0. The molecule has 0 aliphatic heterocycles. The molecule has 100 valence electrons. The number of alkyl halides is 2. The zero-order chi connectivity index (χ0) is 13.5. The molecule has 0 saturated heterocycles. The van der Waals surface area contributed by atoms with Gasteiger partial charge in [-0.1, -0.05) is 60.7 Å². The standard InChI is InChI=1S/C16H16Cl2O/c17-11-15(13-7-3-1-4-8-13)19-16(12-18)14-9-5-2-6-10-14/h1-10,15-16H,11-12H2. The third-order valence-electron chi connectivity index (χ3n) is 2.95. The van der Waals surface area contributed by atoms with E-state index in [0.29, 0.717) is 11.8 Å². The molecule has 0 aromatic heterocycles. The monoisotopic (exact) mass is 294 g/mol. The van der Waals surface area contributed by atoms with Crippen LogP contribution in [0.15, 0.2) is 60.7 Å². The van der Waals surface area contributed by atoms with Crippen molar-refractivity contribution >= 4 is 23.2 Å². The molecule has 19 heavy (non-hydrogen) atoms.